The number of hydrogen-bond donors (Lipinski definition) is 1. The molecule has 4 heteroatoms. The molecule has 21 heavy (non-hydrogen) atoms. The summed E-state index contributed by atoms with van der Waals surface area (Å²) in [5.41, 5.74) is 2.92. The highest BCUT2D eigenvalue weighted by atomic mass is 35.5. The summed E-state index contributed by atoms with van der Waals surface area (Å²) in [7, 11) is 1.96. The largest absolute Gasteiger partial charge is 0.313 e. The number of benzene rings is 2. The fraction of sp³-hybridized carbons (Fsp3) is 0.235. The van der Waals surface area contributed by atoms with Crippen LogP contribution < -0.4 is 5.32 Å². The highest BCUT2D eigenvalue weighted by Gasteiger charge is 2.06. The van der Waals surface area contributed by atoms with Gasteiger partial charge in [-0.1, -0.05) is 29.8 Å². The first-order chi connectivity index (χ1) is 10.1. The molecule has 2 rings (SSSR count). The van der Waals surface area contributed by atoms with E-state index < -0.39 is 0 Å². The zero-order valence-electron chi connectivity index (χ0n) is 12.1. The van der Waals surface area contributed by atoms with E-state index in [0.29, 0.717) is 16.6 Å². The lowest BCUT2D eigenvalue weighted by atomic mass is 10.1. The summed E-state index contributed by atoms with van der Waals surface area (Å²) in [5, 5.41) is 12.7. The lowest BCUT2D eigenvalue weighted by Gasteiger charge is -2.12. The minimum Gasteiger partial charge on any atom is -0.313 e. The number of hydrogen-bond acceptors (Lipinski definition) is 3. The fourth-order valence-corrected chi connectivity index (χ4v) is 3.23. The number of nitriles is 1. The van der Waals surface area contributed by atoms with Crippen molar-refractivity contribution in [3.63, 3.8) is 0 Å². The van der Waals surface area contributed by atoms with Crippen LogP contribution in [0.5, 0.6) is 0 Å². The van der Waals surface area contributed by atoms with Crippen LogP contribution in [0.15, 0.2) is 47.4 Å². The van der Waals surface area contributed by atoms with Gasteiger partial charge in [-0.15, -0.1) is 11.8 Å². The van der Waals surface area contributed by atoms with Crippen LogP contribution in [-0.2, 0) is 5.75 Å². The van der Waals surface area contributed by atoms with Gasteiger partial charge in [-0.2, -0.15) is 5.26 Å². The Hall–Kier alpha value is -1.47. The molecule has 0 amide bonds. The minimum atomic E-state index is 0.337. The molecule has 0 bridgehead atoms. The molecule has 2 nitrogen and oxygen atoms in total. The van der Waals surface area contributed by atoms with Crippen LogP contribution in [0.2, 0.25) is 5.02 Å². The van der Waals surface area contributed by atoms with Crippen LogP contribution in [-0.4, -0.2) is 7.05 Å². The standard InChI is InChI=1S/C17H17ClN2S/c1-12(20-2)14-4-3-5-16(9-14)21-11-15-7-6-13(10-19)8-17(15)18/h3-9,12,20H,11H2,1-2H3. The second-order valence-electron chi connectivity index (χ2n) is 4.79. The van der Waals surface area contributed by atoms with E-state index in [4.69, 9.17) is 16.9 Å². The van der Waals surface area contributed by atoms with Gasteiger partial charge in [0.2, 0.25) is 0 Å². The van der Waals surface area contributed by atoms with Gasteiger partial charge in [0.25, 0.3) is 0 Å². The number of nitrogens with zero attached hydrogens (tertiary/aromatic N) is 1. The van der Waals surface area contributed by atoms with Crippen molar-refractivity contribution in [3.8, 4) is 6.07 Å². The summed E-state index contributed by atoms with van der Waals surface area (Å²) in [6, 6.07) is 16.4. The van der Waals surface area contributed by atoms with E-state index in [1.807, 2.05) is 13.1 Å². The lowest BCUT2D eigenvalue weighted by Crippen LogP contribution is -2.11. The topological polar surface area (TPSA) is 35.8 Å². The first-order valence-corrected chi connectivity index (χ1v) is 8.09. The van der Waals surface area contributed by atoms with Crippen LogP contribution in [0, 0.1) is 11.3 Å². The Labute approximate surface area is 135 Å². The first kappa shape index (κ1) is 15.9. The van der Waals surface area contributed by atoms with Crippen LogP contribution in [0.4, 0.5) is 0 Å². The molecule has 108 valence electrons. The van der Waals surface area contributed by atoms with Crippen molar-refractivity contribution in [1.29, 1.82) is 5.26 Å². The van der Waals surface area contributed by atoms with Crippen molar-refractivity contribution in [2.45, 2.75) is 23.6 Å². The second kappa shape index (κ2) is 7.51. The number of thioether (sulfide) groups is 1. The molecule has 0 radical (unpaired) electrons. The molecule has 0 aliphatic heterocycles. The Balaban J connectivity index is 2.08. The highest BCUT2D eigenvalue weighted by Crippen LogP contribution is 2.28. The first-order valence-electron chi connectivity index (χ1n) is 6.72. The van der Waals surface area contributed by atoms with E-state index in [1.165, 1.54) is 10.5 Å². The van der Waals surface area contributed by atoms with Gasteiger partial charge in [-0.3, -0.25) is 0 Å². The summed E-state index contributed by atoms with van der Waals surface area (Å²) in [6.45, 7) is 2.14. The van der Waals surface area contributed by atoms with Gasteiger partial charge in [-0.05, 0) is 49.4 Å². The molecular formula is C17H17ClN2S. The maximum absolute atomic E-state index is 8.85. The SMILES string of the molecule is CNC(C)c1cccc(SCc2ccc(C#N)cc2Cl)c1. The summed E-state index contributed by atoms with van der Waals surface area (Å²) in [4.78, 5) is 1.22. The summed E-state index contributed by atoms with van der Waals surface area (Å²) >= 11 is 7.95. The zero-order valence-corrected chi connectivity index (χ0v) is 13.6. The number of nitrogens with one attached hydrogen (secondary N) is 1. The monoisotopic (exact) mass is 316 g/mol. The van der Waals surface area contributed by atoms with E-state index in [1.54, 1.807) is 23.9 Å². The fourth-order valence-electron chi connectivity index (χ4n) is 1.94. The molecule has 0 fully saturated rings. The molecule has 0 saturated carbocycles. The van der Waals surface area contributed by atoms with E-state index in [2.05, 4.69) is 42.6 Å². The molecule has 0 heterocycles. The molecule has 2 aromatic carbocycles. The number of halogens is 1. The van der Waals surface area contributed by atoms with Crippen LogP contribution in [0.3, 0.4) is 0 Å². The Morgan fingerprint density at radius 3 is 2.76 bits per heavy atom. The van der Waals surface area contributed by atoms with E-state index >= 15 is 0 Å². The van der Waals surface area contributed by atoms with Crippen molar-refractivity contribution >= 4 is 23.4 Å². The third-order valence-electron chi connectivity index (χ3n) is 3.37. The van der Waals surface area contributed by atoms with Gasteiger partial charge in [0.1, 0.15) is 0 Å². The molecular weight excluding hydrogens is 300 g/mol. The van der Waals surface area contributed by atoms with Gasteiger partial charge in [0, 0.05) is 21.7 Å². The Kier molecular flexibility index (Phi) is 5.69. The van der Waals surface area contributed by atoms with Gasteiger partial charge >= 0.3 is 0 Å². The predicted octanol–water partition coefficient (Wildman–Crippen LogP) is 4.78. The van der Waals surface area contributed by atoms with E-state index in [9.17, 15) is 0 Å². The van der Waals surface area contributed by atoms with Crippen molar-refractivity contribution in [2.75, 3.05) is 7.05 Å². The Morgan fingerprint density at radius 2 is 2.10 bits per heavy atom. The van der Waals surface area contributed by atoms with Crippen molar-refractivity contribution in [2.24, 2.45) is 0 Å². The summed E-state index contributed by atoms with van der Waals surface area (Å²) < 4.78 is 0. The summed E-state index contributed by atoms with van der Waals surface area (Å²) in [5.74, 6) is 0.794. The molecule has 1 atom stereocenters. The minimum absolute atomic E-state index is 0.337. The third-order valence-corrected chi connectivity index (χ3v) is 4.76. The van der Waals surface area contributed by atoms with Crippen molar-refractivity contribution < 1.29 is 0 Å². The Bertz CT molecular complexity index is 664. The molecule has 0 aromatic heterocycles. The van der Waals surface area contributed by atoms with E-state index in [0.717, 1.165) is 11.3 Å². The van der Waals surface area contributed by atoms with Gasteiger partial charge in [0.05, 0.1) is 11.6 Å². The molecule has 0 saturated heterocycles. The average Bonchev–Trinajstić information content (AvgIpc) is 2.53. The number of rotatable bonds is 5. The highest BCUT2D eigenvalue weighted by molar-refractivity contribution is 7.98. The maximum Gasteiger partial charge on any atom is 0.0992 e. The zero-order chi connectivity index (χ0) is 15.2. The third kappa shape index (κ3) is 4.25. The quantitative estimate of drug-likeness (QED) is 0.806. The lowest BCUT2D eigenvalue weighted by molar-refractivity contribution is 0.651. The smallest absolute Gasteiger partial charge is 0.0992 e. The Morgan fingerprint density at radius 1 is 1.29 bits per heavy atom. The van der Waals surface area contributed by atoms with Gasteiger partial charge < -0.3 is 5.32 Å². The normalized spacial score (nSPS) is 11.9. The molecule has 0 aliphatic rings. The van der Waals surface area contributed by atoms with Crippen molar-refractivity contribution in [1.82, 2.24) is 5.32 Å². The molecule has 0 spiro atoms. The average molecular weight is 317 g/mol. The van der Waals surface area contributed by atoms with Crippen LogP contribution in [0.1, 0.15) is 29.7 Å². The van der Waals surface area contributed by atoms with E-state index in [-0.39, 0.29) is 0 Å². The molecule has 2 aromatic rings. The van der Waals surface area contributed by atoms with Crippen molar-refractivity contribution in [3.05, 3.63) is 64.2 Å². The summed E-state index contributed by atoms with van der Waals surface area (Å²) in [6.07, 6.45) is 0. The van der Waals surface area contributed by atoms with Gasteiger partial charge in [0.15, 0.2) is 0 Å². The maximum atomic E-state index is 8.85. The van der Waals surface area contributed by atoms with Crippen LogP contribution >= 0.6 is 23.4 Å². The van der Waals surface area contributed by atoms with Crippen LogP contribution in [0.25, 0.3) is 0 Å². The molecule has 0 aliphatic carbocycles. The second-order valence-corrected chi connectivity index (χ2v) is 6.25. The van der Waals surface area contributed by atoms with Gasteiger partial charge in [-0.25, -0.2) is 0 Å². The molecule has 1 N–H and O–H groups in total. The predicted molar refractivity (Wildman–Crippen MR) is 89.6 cm³/mol. The molecule has 1 unspecified atom stereocenters.